The Morgan fingerprint density at radius 2 is 2.19 bits per heavy atom. The molecule has 120 valence electrons. The second-order valence-electron chi connectivity index (χ2n) is 4.31. The van der Waals surface area contributed by atoms with E-state index in [1.54, 1.807) is 18.4 Å². The van der Waals surface area contributed by atoms with Gasteiger partial charge in [0.25, 0.3) is 0 Å². The van der Waals surface area contributed by atoms with Crippen molar-refractivity contribution in [2.45, 2.75) is 19.9 Å². The number of guanidine groups is 1. The standard InChI is InChI=1S/C14H24BrN3O2S/c1-3-16-14(17-5-4-6-20-8-7-19-2)18-10-13-9-12(15)11-21-13/h9,11H,3-8,10H2,1-2H3,(H2,16,17,18). The van der Waals surface area contributed by atoms with E-state index in [1.165, 1.54) is 4.88 Å². The van der Waals surface area contributed by atoms with Gasteiger partial charge in [-0.3, -0.25) is 0 Å². The van der Waals surface area contributed by atoms with E-state index in [0.717, 1.165) is 36.5 Å². The van der Waals surface area contributed by atoms with E-state index < -0.39 is 0 Å². The van der Waals surface area contributed by atoms with Crippen molar-refractivity contribution >= 4 is 33.2 Å². The quantitative estimate of drug-likeness (QED) is 0.373. The van der Waals surface area contributed by atoms with Crippen molar-refractivity contribution in [1.29, 1.82) is 0 Å². The van der Waals surface area contributed by atoms with E-state index in [9.17, 15) is 0 Å². The first-order valence-corrected chi connectivity index (χ1v) is 8.75. The first-order valence-electron chi connectivity index (χ1n) is 7.08. The van der Waals surface area contributed by atoms with Crippen LogP contribution in [-0.2, 0) is 16.0 Å². The second-order valence-corrected chi connectivity index (χ2v) is 6.22. The normalized spacial score (nSPS) is 11.7. The Morgan fingerprint density at radius 1 is 1.33 bits per heavy atom. The van der Waals surface area contributed by atoms with E-state index in [1.807, 2.05) is 0 Å². The van der Waals surface area contributed by atoms with Gasteiger partial charge in [0.05, 0.1) is 19.8 Å². The third-order valence-corrected chi connectivity index (χ3v) is 4.23. The summed E-state index contributed by atoms with van der Waals surface area (Å²) in [5.41, 5.74) is 0. The Morgan fingerprint density at radius 3 is 2.86 bits per heavy atom. The molecular weight excluding hydrogens is 354 g/mol. The molecule has 0 saturated carbocycles. The monoisotopic (exact) mass is 377 g/mol. The highest BCUT2D eigenvalue weighted by molar-refractivity contribution is 9.10. The fourth-order valence-corrected chi connectivity index (χ4v) is 2.94. The molecule has 0 radical (unpaired) electrons. The molecule has 0 aromatic carbocycles. The van der Waals surface area contributed by atoms with Crippen molar-refractivity contribution in [2.24, 2.45) is 4.99 Å². The zero-order valence-corrected chi connectivity index (χ0v) is 15.1. The molecule has 0 bridgehead atoms. The lowest BCUT2D eigenvalue weighted by Gasteiger charge is -2.11. The van der Waals surface area contributed by atoms with Crippen LogP contribution in [0.1, 0.15) is 18.2 Å². The molecule has 0 fully saturated rings. The molecule has 1 aromatic heterocycles. The fourth-order valence-electron chi connectivity index (χ4n) is 1.56. The summed E-state index contributed by atoms with van der Waals surface area (Å²) in [6.07, 6.45) is 0.943. The van der Waals surface area contributed by atoms with Crippen LogP contribution in [-0.4, -0.2) is 46.0 Å². The molecule has 0 amide bonds. The number of thiophene rings is 1. The van der Waals surface area contributed by atoms with Gasteiger partial charge in [0.15, 0.2) is 5.96 Å². The lowest BCUT2D eigenvalue weighted by atomic mass is 10.4. The number of nitrogens with zero attached hydrogens (tertiary/aromatic N) is 1. The minimum absolute atomic E-state index is 0.647. The summed E-state index contributed by atoms with van der Waals surface area (Å²) in [4.78, 5) is 5.81. The van der Waals surface area contributed by atoms with Crippen LogP contribution in [0.5, 0.6) is 0 Å². The summed E-state index contributed by atoms with van der Waals surface area (Å²) in [6.45, 7) is 6.47. The zero-order valence-electron chi connectivity index (χ0n) is 12.7. The van der Waals surface area contributed by atoms with Gasteiger partial charge in [0.1, 0.15) is 0 Å². The van der Waals surface area contributed by atoms with Crippen molar-refractivity contribution in [3.05, 3.63) is 20.8 Å². The minimum Gasteiger partial charge on any atom is -0.382 e. The van der Waals surface area contributed by atoms with Crippen molar-refractivity contribution in [1.82, 2.24) is 10.6 Å². The zero-order chi connectivity index (χ0) is 15.3. The highest BCUT2D eigenvalue weighted by Crippen LogP contribution is 2.20. The summed E-state index contributed by atoms with van der Waals surface area (Å²) in [5, 5.41) is 8.62. The Hall–Kier alpha value is -0.630. The molecule has 1 aromatic rings. The summed E-state index contributed by atoms with van der Waals surface area (Å²) >= 11 is 5.16. The lowest BCUT2D eigenvalue weighted by molar-refractivity contribution is 0.0698. The fraction of sp³-hybridized carbons (Fsp3) is 0.643. The van der Waals surface area contributed by atoms with Crippen LogP contribution < -0.4 is 10.6 Å². The molecule has 0 saturated heterocycles. The minimum atomic E-state index is 0.647. The van der Waals surface area contributed by atoms with Crippen LogP contribution in [0, 0.1) is 0 Å². The Labute approximate surface area is 139 Å². The van der Waals surface area contributed by atoms with Gasteiger partial charge < -0.3 is 20.1 Å². The van der Waals surface area contributed by atoms with Crippen LogP contribution in [0.3, 0.4) is 0 Å². The van der Waals surface area contributed by atoms with E-state index >= 15 is 0 Å². The second kappa shape index (κ2) is 12.0. The molecule has 0 atom stereocenters. The third kappa shape index (κ3) is 9.08. The van der Waals surface area contributed by atoms with Gasteiger partial charge in [-0.25, -0.2) is 4.99 Å². The molecule has 0 aliphatic carbocycles. The maximum atomic E-state index is 5.42. The Bertz CT molecular complexity index is 413. The van der Waals surface area contributed by atoms with Crippen LogP contribution in [0.4, 0.5) is 0 Å². The van der Waals surface area contributed by atoms with E-state index in [4.69, 9.17) is 9.47 Å². The molecular formula is C14H24BrN3O2S. The molecule has 2 N–H and O–H groups in total. The predicted octanol–water partition coefficient (Wildman–Crippen LogP) is 2.62. The molecule has 1 rings (SSSR count). The SMILES string of the molecule is CCNC(=NCc1cc(Br)cs1)NCCCOCCOC. The van der Waals surface area contributed by atoms with Gasteiger partial charge in [0.2, 0.25) is 0 Å². The highest BCUT2D eigenvalue weighted by atomic mass is 79.9. The number of ether oxygens (including phenoxy) is 2. The first-order chi connectivity index (χ1) is 10.3. The van der Waals surface area contributed by atoms with Gasteiger partial charge in [0, 0.05) is 41.5 Å². The smallest absolute Gasteiger partial charge is 0.191 e. The molecule has 7 heteroatoms. The van der Waals surface area contributed by atoms with Gasteiger partial charge >= 0.3 is 0 Å². The summed E-state index contributed by atoms with van der Waals surface area (Å²) in [5.74, 6) is 0.846. The van der Waals surface area contributed by atoms with E-state index in [0.29, 0.717) is 19.8 Å². The third-order valence-electron chi connectivity index (χ3n) is 2.55. The van der Waals surface area contributed by atoms with Crippen molar-refractivity contribution in [2.75, 3.05) is 40.0 Å². The molecule has 0 aliphatic rings. The molecule has 5 nitrogen and oxygen atoms in total. The van der Waals surface area contributed by atoms with Crippen LogP contribution in [0.25, 0.3) is 0 Å². The van der Waals surface area contributed by atoms with Crippen LogP contribution >= 0.6 is 27.3 Å². The first kappa shape index (κ1) is 18.4. The Balaban J connectivity index is 2.22. The van der Waals surface area contributed by atoms with Gasteiger partial charge in [-0.1, -0.05) is 0 Å². The number of hydrogen-bond donors (Lipinski definition) is 2. The molecule has 1 heterocycles. The highest BCUT2D eigenvalue weighted by Gasteiger charge is 1.99. The number of methoxy groups -OCH3 is 1. The molecule has 0 unspecified atom stereocenters. The number of hydrogen-bond acceptors (Lipinski definition) is 4. The molecule has 0 aliphatic heterocycles. The number of nitrogens with one attached hydrogen (secondary N) is 2. The molecule has 0 spiro atoms. The van der Waals surface area contributed by atoms with Crippen LogP contribution in [0.2, 0.25) is 0 Å². The lowest BCUT2D eigenvalue weighted by Crippen LogP contribution is -2.38. The average Bonchev–Trinajstić information content (AvgIpc) is 2.89. The van der Waals surface area contributed by atoms with Gasteiger partial charge in [-0.15, -0.1) is 11.3 Å². The summed E-state index contributed by atoms with van der Waals surface area (Å²) in [7, 11) is 1.68. The summed E-state index contributed by atoms with van der Waals surface area (Å²) in [6, 6.07) is 2.10. The topological polar surface area (TPSA) is 54.9 Å². The van der Waals surface area contributed by atoms with Crippen molar-refractivity contribution in [3.8, 4) is 0 Å². The number of aliphatic imine (C=N–C) groups is 1. The van der Waals surface area contributed by atoms with Crippen molar-refractivity contribution in [3.63, 3.8) is 0 Å². The van der Waals surface area contributed by atoms with E-state index in [-0.39, 0.29) is 0 Å². The van der Waals surface area contributed by atoms with E-state index in [2.05, 4.69) is 49.9 Å². The largest absolute Gasteiger partial charge is 0.382 e. The maximum absolute atomic E-state index is 5.42. The van der Waals surface area contributed by atoms with Crippen LogP contribution in [0.15, 0.2) is 20.9 Å². The number of rotatable bonds is 10. The average molecular weight is 378 g/mol. The van der Waals surface area contributed by atoms with Gasteiger partial charge in [-0.05, 0) is 35.3 Å². The van der Waals surface area contributed by atoms with Crippen molar-refractivity contribution < 1.29 is 9.47 Å². The van der Waals surface area contributed by atoms with Gasteiger partial charge in [-0.2, -0.15) is 0 Å². The summed E-state index contributed by atoms with van der Waals surface area (Å²) < 4.78 is 11.5. The molecule has 21 heavy (non-hydrogen) atoms. The maximum Gasteiger partial charge on any atom is 0.191 e. The number of halogens is 1. The Kier molecular flexibility index (Phi) is 10.5. The predicted molar refractivity (Wildman–Crippen MR) is 92.1 cm³/mol.